The molecule has 0 bridgehead atoms. The van der Waals surface area contributed by atoms with Crippen LogP contribution in [0.2, 0.25) is 0 Å². The molecular weight excluding hydrogens is 390 g/mol. The van der Waals surface area contributed by atoms with E-state index < -0.39 is 5.97 Å². The topological polar surface area (TPSA) is 55.8 Å². The van der Waals surface area contributed by atoms with Gasteiger partial charge in [-0.05, 0) is 59.2 Å². The second-order valence-corrected chi connectivity index (χ2v) is 6.97. The van der Waals surface area contributed by atoms with Crippen LogP contribution in [0.15, 0.2) is 78.9 Å². The Morgan fingerprint density at radius 2 is 1.58 bits per heavy atom. The Kier molecular flexibility index (Phi) is 7.22. The average molecular weight is 415 g/mol. The highest BCUT2D eigenvalue weighted by molar-refractivity contribution is 5.93. The van der Waals surface area contributed by atoms with Gasteiger partial charge in [0.2, 0.25) is 5.91 Å². The van der Waals surface area contributed by atoms with Crippen LogP contribution in [0.4, 0.5) is 0 Å². The Balaban J connectivity index is 2.10. The van der Waals surface area contributed by atoms with Crippen molar-refractivity contribution >= 4 is 23.6 Å². The smallest absolute Gasteiger partial charge is 0.337 e. The fourth-order valence-corrected chi connectivity index (χ4v) is 3.24. The molecule has 0 radical (unpaired) electrons. The average Bonchev–Trinajstić information content (AvgIpc) is 2.81. The summed E-state index contributed by atoms with van der Waals surface area (Å²) < 4.78 is 10.1. The number of hydrogen-bond acceptors (Lipinski definition) is 4. The van der Waals surface area contributed by atoms with E-state index in [2.05, 4.69) is 0 Å². The molecule has 3 aromatic rings. The van der Waals surface area contributed by atoms with Gasteiger partial charge in [0.15, 0.2) is 0 Å². The molecule has 3 aromatic carbocycles. The number of carbonyl (C=O) groups excluding carboxylic acids is 2. The van der Waals surface area contributed by atoms with Crippen LogP contribution in [0.1, 0.15) is 34.0 Å². The van der Waals surface area contributed by atoms with Gasteiger partial charge in [-0.25, -0.2) is 4.79 Å². The monoisotopic (exact) mass is 415 g/mol. The normalized spacial score (nSPS) is 11.0. The maximum absolute atomic E-state index is 12.7. The number of hydrogen-bond donors (Lipinski definition) is 0. The number of carbonyl (C=O) groups is 2. The lowest BCUT2D eigenvalue weighted by molar-refractivity contribution is -0.126. The van der Waals surface area contributed by atoms with Crippen molar-refractivity contribution in [1.82, 2.24) is 4.90 Å². The molecular formula is C26H25NO4. The van der Waals surface area contributed by atoms with Crippen LogP contribution in [0.5, 0.6) is 5.75 Å². The summed E-state index contributed by atoms with van der Waals surface area (Å²) in [5.41, 5.74) is 3.83. The minimum absolute atomic E-state index is 0.0879. The number of ether oxygens (including phenoxy) is 2. The molecule has 0 saturated heterocycles. The van der Waals surface area contributed by atoms with Gasteiger partial charge in [0.1, 0.15) is 5.75 Å². The van der Waals surface area contributed by atoms with Crippen molar-refractivity contribution < 1.29 is 19.1 Å². The van der Waals surface area contributed by atoms with Crippen molar-refractivity contribution in [1.29, 1.82) is 0 Å². The number of rotatable bonds is 7. The van der Waals surface area contributed by atoms with Gasteiger partial charge in [0, 0.05) is 6.92 Å². The summed E-state index contributed by atoms with van der Waals surface area (Å²) in [7, 11) is 2.96. The highest BCUT2D eigenvalue weighted by atomic mass is 16.5. The first-order chi connectivity index (χ1) is 15.0. The first-order valence-electron chi connectivity index (χ1n) is 9.88. The van der Waals surface area contributed by atoms with Crippen molar-refractivity contribution in [3.63, 3.8) is 0 Å². The predicted octanol–water partition coefficient (Wildman–Crippen LogP) is 5.03. The van der Waals surface area contributed by atoms with Crippen LogP contribution in [0.25, 0.3) is 11.8 Å². The molecule has 0 aromatic heterocycles. The number of benzene rings is 3. The van der Waals surface area contributed by atoms with E-state index in [0.29, 0.717) is 12.1 Å². The zero-order valence-electron chi connectivity index (χ0n) is 17.9. The van der Waals surface area contributed by atoms with Crippen LogP contribution < -0.4 is 4.74 Å². The molecule has 0 aliphatic carbocycles. The Bertz CT molecular complexity index is 1070. The lowest BCUT2D eigenvalue weighted by Gasteiger charge is -2.25. The largest absolute Gasteiger partial charge is 0.497 e. The summed E-state index contributed by atoms with van der Waals surface area (Å²) in [4.78, 5) is 26.4. The lowest BCUT2D eigenvalue weighted by atomic mass is 10.0. The molecule has 0 atom stereocenters. The van der Waals surface area contributed by atoms with E-state index >= 15 is 0 Å². The maximum atomic E-state index is 12.7. The molecule has 0 saturated carbocycles. The van der Waals surface area contributed by atoms with Gasteiger partial charge in [-0.2, -0.15) is 0 Å². The first-order valence-corrected chi connectivity index (χ1v) is 9.88. The summed E-state index contributed by atoms with van der Waals surface area (Å²) >= 11 is 0. The van der Waals surface area contributed by atoms with Crippen LogP contribution >= 0.6 is 0 Å². The molecule has 5 nitrogen and oxygen atoms in total. The quantitative estimate of drug-likeness (QED) is 0.401. The van der Waals surface area contributed by atoms with Crippen molar-refractivity contribution in [3.8, 4) is 5.75 Å². The molecule has 31 heavy (non-hydrogen) atoms. The zero-order chi connectivity index (χ0) is 22.2. The molecule has 0 heterocycles. The molecule has 158 valence electrons. The Labute approximate surface area is 182 Å². The van der Waals surface area contributed by atoms with E-state index in [1.807, 2.05) is 66.7 Å². The summed E-state index contributed by atoms with van der Waals surface area (Å²) in [5.74, 6) is 0.234. The summed E-state index contributed by atoms with van der Waals surface area (Å²) in [6.07, 6.45) is 1.90. The van der Waals surface area contributed by atoms with E-state index in [0.717, 1.165) is 28.1 Å². The van der Waals surface area contributed by atoms with Crippen LogP contribution in [-0.2, 0) is 16.1 Å². The van der Waals surface area contributed by atoms with Crippen LogP contribution in [-0.4, -0.2) is 31.0 Å². The molecule has 5 heteroatoms. The third-order valence-electron chi connectivity index (χ3n) is 4.85. The third-order valence-corrected chi connectivity index (χ3v) is 4.85. The van der Waals surface area contributed by atoms with Crippen molar-refractivity contribution in [2.24, 2.45) is 0 Å². The minimum atomic E-state index is -0.408. The standard InChI is InChI=1S/C26H25NO4/c1-19(28)27(18-20-8-5-4-6-9-20)25(22-12-14-24(30-2)15-13-22)17-21-10-7-11-23(16-21)26(29)31-3/h4-17H,18H2,1-3H3/b25-17-. The van der Waals surface area contributed by atoms with E-state index in [9.17, 15) is 9.59 Å². The number of methoxy groups -OCH3 is 2. The molecule has 3 rings (SSSR count). The summed E-state index contributed by atoms with van der Waals surface area (Å²) in [6, 6.07) is 24.5. The van der Waals surface area contributed by atoms with Gasteiger partial charge < -0.3 is 14.4 Å². The van der Waals surface area contributed by atoms with E-state index in [1.165, 1.54) is 7.11 Å². The molecule has 0 unspecified atom stereocenters. The molecule has 0 spiro atoms. The summed E-state index contributed by atoms with van der Waals surface area (Å²) in [6.45, 7) is 1.97. The molecule has 0 N–H and O–H groups in total. The van der Waals surface area contributed by atoms with Gasteiger partial charge in [-0.3, -0.25) is 4.79 Å². The SMILES string of the molecule is COC(=O)c1cccc(/C=C(/c2ccc(OC)cc2)N(Cc2ccccc2)C(C)=O)c1. The number of amides is 1. The Morgan fingerprint density at radius 1 is 0.871 bits per heavy atom. The predicted molar refractivity (Wildman–Crippen MR) is 121 cm³/mol. The number of nitrogens with zero attached hydrogens (tertiary/aromatic N) is 1. The van der Waals surface area contributed by atoms with E-state index in [1.54, 1.807) is 37.1 Å². The fourth-order valence-electron chi connectivity index (χ4n) is 3.24. The second-order valence-electron chi connectivity index (χ2n) is 6.97. The van der Waals surface area contributed by atoms with E-state index in [-0.39, 0.29) is 5.91 Å². The van der Waals surface area contributed by atoms with Crippen molar-refractivity contribution in [3.05, 3.63) is 101 Å². The van der Waals surface area contributed by atoms with E-state index in [4.69, 9.17) is 9.47 Å². The highest BCUT2D eigenvalue weighted by Gasteiger charge is 2.17. The summed E-state index contributed by atoms with van der Waals surface area (Å²) in [5, 5.41) is 0. The second kappa shape index (κ2) is 10.3. The zero-order valence-corrected chi connectivity index (χ0v) is 17.9. The molecule has 0 fully saturated rings. The fraction of sp³-hybridized carbons (Fsp3) is 0.154. The molecule has 0 aliphatic rings. The van der Waals surface area contributed by atoms with Gasteiger partial charge in [0.05, 0.1) is 32.0 Å². The molecule has 0 aliphatic heterocycles. The lowest BCUT2D eigenvalue weighted by Crippen LogP contribution is -2.26. The van der Waals surface area contributed by atoms with Crippen LogP contribution in [0, 0.1) is 0 Å². The van der Waals surface area contributed by atoms with Gasteiger partial charge >= 0.3 is 5.97 Å². The third kappa shape index (κ3) is 5.60. The Hall–Kier alpha value is -3.86. The first kappa shape index (κ1) is 21.8. The maximum Gasteiger partial charge on any atom is 0.337 e. The minimum Gasteiger partial charge on any atom is -0.497 e. The van der Waals surface area contributed by atoms with Gasteiger partial charge in [-0.15, -0.1) is 0 Å². The van der Waals surface area contributed by atoms with Crippen LogP contribution in [0.3, 0.4) is 0 Å². The highest BCUT2D eigenvalue weighted by Crippen LogP contribution is 2.27. The number of esters is 1. The Morgan fingerprint density at radius 3 is 2.19 bits per heavy atom. The van der Waals surface area contributed by atoms with Gasteiger partial charge in [-0.1, -0.05) is 42.5 Å². The van der Waals surface area contributed by atoms with Crippen molar-refractivity contribution in [2.45, 2.75) is 13.5 Å². The molecule has 1 amide bonds. The van der Waals surface area contributed by atoms with Gasteiger partial charge in [0.25, 0.3) is 0 Å². The van der Waals surface area contributed by atoms with Crippen molar-refractivity contribution in [2.75, 3.05) is 14.2 Å².